The maximum Gasteiger partial charge on any atom is 0.258 e. The minimum atomic E-state index is -0.430. The molecule has 1 N–H and O–H groups in total. The number of fused-ring (bicyclic) bond motifs is 1. The molecular formula is C14H10BrNO2. The highest BCUT2D eigenvalue weighted by Gasteiger charge is 2.25. The van der Waals surface area contributed by atoms with Gasteiger partial charge in [0.25, 0.3) is 5.91 Å². The van der Waals surface area contributed by atoms with E-state index in [1.54, 1.807) is 12.1 Å². The second-order valence-corrected chi connectivity index (χ2v) is 4.93. The maximum absolute atomic E-state index is 11.9. The molecular weight excluding hydrogens is 294 g/mol. The van der Waals surface area contributed by atoms with Crippen LogP contribution in [0.25, 0.3) is 0 Å². The van der Waals surface area contributed by atoms with E-state index in [1.807, 2.05) is 36.4 Å². The molecule has 2 aromatic rings. The summed E-state index contributed by atoms with van der Waals surface area (Å²) in [7, 11) is 0. The number of hydrogen-bond donors (Lipinski definition) is 1. The van der Waals surface area contributed by atoms with E-state index < -0.39 is 6.23 Å². The quantitative estimate of drug-likeness (QED) is 0.878. The number of amides is 1. The van der Waals surface area contributed by atoms with Crippen molar-refractivity contribution in [3.8, 4) is 5.75 Å². The van der Waals surface area contributed by atoms with Gasteiger partial charge in [-0.1, -0.05) is 40.2 Å². The topological polar surface area (TPSA) is 38.3 Å². The number of carbonyl (C=O) groups excluding carboxylic acids is 1. The Labute approximate surface area is 113 Å². The largest absolute Gasteiger partial charge is 0.466 e. The van der Waals surface area contributed by atoms with Crippen LogP contribution in [0.4, 0.5) is 0 Å². The summed E-state index contributed by atoms with van der Waals surface area (Å²) >= 11 is 3.38. The van der Waals surface area contributed by atoms with Crippen LogP contribution in [0.15, 0.2) is 53.0 Å². The van der Waals surface area contributed by atoms with Crippen LogP contribution >= 0.6 is 15.9 Å². The first-order valence-electron chi connectivity index (χ1n) is 5.56. The fourth-order valence-corrected chi connectivity index (χ4v) is 2.16. The van der Waals surface area contributed by atoms with Crippen LogP contribution in [-0.4, -0.2) is 5.91 Å². The molecule has 90 valence electrons. The number of benzene rings is 2. The summed E-state index contributed by atoms with van der Waals surface area (Å²) in [4.78, 5) is 11.9. The zero-order chi connectivity index (χ0) is 12.5. The SMILES string of the molecule is O=C1N[C@@H](c2ccc(Br)cc2)Oc2ccccc21. The number of carbonyl (C=O) groups is 1. The lowest BCUT2D eigenvalue weighted by Crippen LogP contribution is -2.36. The van der Waals surface area contributed by atoms with Crippen molar-refractivity contribution in [1.82, 2.24) is 5.32 Å². The van der Waals surface area contributed by atoms with E-state index in [0.29, 0.717) is 11.3 Å². The first-order valence-corrected chi connectivity index (χ1v) is 6.35. The lowest BCUT2D eigenvalue weighted by molar-refractivity contribution is 0.0756. The van der Waals surface area contributed by atoms with Crippen molar-refractivity contribution in [2.24, 2.45) is 0 Å². The van der Waals surface area contributed by atoms with Crippen LogP contribution in [0, 0.1) is 0 Å². The molecule has 1 aliphatic rings. The molecule has 0 aromatic heterocycles. The molecule has 0 saturated carbocycles. The molecule has 18 heavy (non-hydrogen) atoms. The lowest BCUT2D eigenvalue weighted by Gasteiger charge is -2.26. The van der Waals surface area contributed by atoms with Crippen LogP contribution in [0.3, 0.4) is 0 Å². The molecule has 1 amide bonds. The molecule has 0 aliphatic carbocycles. The monoisotopic (exact) mass is 303 g/mol. The Kier molecular flexibility index (Phi) is 2.80. The highest BCUT2D eigenvalue weighted by molar-refractivity contribution is 9.10. The van der Waals surface area contributed by atoms with Gasteiger partial charge in [0.05, 0.1) is 5.56 Å². The van der Waals surface area contributed by atoms with Gasteiger partial charge in [-0.05, 0) is 24.3 Å². The van der Waals surface area contributed by atoms with Gasteiger partial charge in [-0.25, -0.2) is 0 Å². The molecule has 0 radical (unpaired) electrons. The summed E-state index contributed by atoms with van der Waals surface area (Å²) in [6.45, 7) is 0. The zero-order valence-electron chi connectivity index (χ0n) is 9.39. The molecule has 1 aliphatic heterocycles. The molecule has 3 rings (SSSR count). The van der Waals surface area contributed by atoms with E-state index in [0.717, 1.165) is 10.0 Å². The number of hydrogen-bond acceptors (Lipinski definition) is 2. The standard InChI is InChI=1S/C14H10BrNO2/c15-10-7-5-9(6-8-10)14-16-13(17)11-3-1-2-4-12(11)18-14/h1-8,14H,(H,16,17)/t14-/m1/s1. The van der Waals surface area contributed by atoms with Crippen LogP contribution in [0.2, 0.25) is 0 Å². The normalized spacial score (nSPS) is 17.6. The fraction of sp³-hybridized carbons (Fsp3) is 0.0714. The van der Waals surface area contributed by atoms with E-state index in [4.69, 9.17) is 4.74 Å². The van der Waals surface area contributed by atoms with E-state index in [1.165, 1.54) is 0 Å². The van der Waals surface area contributed by atoms with Crippen molar-refractivity contribution < 1.29 is 9.53 Å². The predicted molar refractivity (Wildman–Crippen MR) is 71.4 cm³/mol. The van der Waals surface area contributed by atoms with Gasteiger partial charge in [0, 0.05) is 10.0 Å². The summed E-state index contributed by atoms with van der Waals surface area (Å²) in [5, 5.41) is 2.83. The maximum atomic E-state index is 11.9. The van der Waals surface area contributed by atoms with E-state index in [-0.39, 0.29) is 5.91 Å². The number of ether oxygens (including phenoxy) is 1. The minimum Gasteiger partial charge on any atom is -0.466 e. The Morgan fingerprint density at radius 3 is 2.56 bits per heavy atom. The summed E-state index contributed by atoms with van der Waals surface area (Å²) in [6.07, 6.45) is -0.430. The van der Waals surface area contributed by atoms with Crippen LogP contribution in [0.1, 0.15) is 22.1 Å². The first-order chi connectivity index (χ1) is 8.74. The van der Waals surface area contributed by atoms with Crippen molar-refractivity contribution >= 4 is 21.8 Å². The molecule has 2 aromatic carbocycles. The molecule has 0 bridgehead atoms. The Balaban J connectivity index is 1.94. The van der Waals surface area contributed by atoms with E-state index in [9.17, 15) is 4.79 Å². The molecule has 0 fully saturated rings. The lowest BCUT2D eigenvalue weighted by atomic mass is 10.1. The zero-order valence-corrected chi connectivity index (χ0v) is 11.0. The number of nitrogens with one attached hydrogen (secondary N) is 1. The van der Waals surface area contributed by atoms with Crippen molar-refractivity contribution in [2.75, 3.05) is 0 Å². The highest BCUT2D eigenvalue weighted by Crippen LogP contribution is 2.29. The highest BCUT2D eigenvalue weighted by atomic mass is 79.9. The van der Waals surface area contributed by atoms with Crippen LogP contribution < -0.4 is 10.1 Å². The molecule has 4 heteroatoms. The fourth-order valence-electron chi connectivity index (χ4n) is 1.90. The third-order valence-corrected chi connectivity index (χ3v) is 3.34. The molecule has 3 nitrogen and oxygen atoms in total. The molecule has 1 atom stereocenters. The second kappa shape index (κ2) is 4.46. The van der Waals surface area contributed by atoms with Gasteiger partial charge >= 0.3 is 0 Å². The van der Waals surface area contributed by atoms with Crippen LogP contribution in [0.5, 0.6) is 5.75 Å². The van der Waals surface area contributed by atoms with Crippen molar-refractivity contribution in [3.63, 3.8) is 0 Å². The molecule has 1 heterocycles. The van der Waals surface area contributed by atoms with Gasteiger partial charge in [0.1, 0.15) is 5.75 Å². The van der Waals surface area contributed by atoms with E-state index in [2.05, 4.69) is 21.2 Å². The average molecular weight is 304 g/mol. The van der Waals surface area contributed by atoms with Crippen molar-refractivity contribution in [2.45, 2.75) is 6.23 Å². The van der Waals surface area contributed by atoms with Gasteiger partial charge in [0.15, 0.2) is 6.23 Å². The van der Waals surface area contributed by atoms with E-state index >= 15 is 0 Å². The Morgan fingerprint density at radius 1 is 1.06 bits per heavy atom. The summed E-state index contributed by atoms with van der Waals surface area (Å²) in [6, 6.07) is 14.9. The first kappa shape index (κ1) is 11.3. The Bertz CT molecular complexity index is 595. The summed E-state index contributed by atoms with van der Waals surface area (Å²) in [5.41, 5.74) is 1.49. The van der Waals surface area contributed by atoms with Gasteiger partial charge in [-0.2, -0.15) is 0 Å². The third-order valence-electron chi connectivity index (χ3n) is 2.81. The van der Waals surface area contributed by atoms with Gasteiger partial charge in [-0.3, -0.25) is 4.79 Å². The van der Waals surface area contributed by atoms with Gasteiger partial charge in [-0.15, -0.1) is 0 Å². The number of halogens is 1. The molecule has 0 saturated heterocycles. The van der Waals surface area contributed by atoms with Crippen molar-refractivity contribution in [3.05, 3.63) is 64.1 Å². The molecule has 0 unspecified atom stereocenters. The van der Waals surface area contributed by atoms with Crippen LogP contribution in [-0.2, 0) is 0 Å². The summed E-state index contributed by atoms with van der Waals surface area (Å²) in [5.74, 6) is 0.513. The predicted octanol–water partition coefficient (Wildman–Crippen LogP) is 3.27. The third kappa shape index (κ3) is 1.99. The number of para-hydroxylation sites is 1. The smallest absolute Gasteiger partial charge is 0.258 e. The summed E-state index contributed by atoms with van der Waals surface area (Å²) < 4.78 is 6.78. The van der Waals surface area contributed by atoms with Gasteiger partial charge in [0.2, 0.25) is 0 Å². The number of rotatable bonds is 1. The van der Waals surface area contributed by atoms with Gasteiger partial charge < -0.3 is 10.1 Å². The average Bonchev–Trinajstić information content (AvgIpc) is 2.39. The second-order valence-electron chi connectivity index (χ2n) is 4.02. The van der Waals surface area contributed by atoms with Crippen molar-refractivity contribution in [1.29, 1.82) is 0 Å². The minimum absolute atomic E-state index is 0.107. The Morgan fingerprint density at radius 2 is 1.78 bits per heavy atom. The Hall–Kier alpha value is -1.81. The molecule has 0 spiro atoms.